The largest absolute Gasteiger partial charge is 0.493 e. The van der Waals surface area contributed by atoms with Gasteiger partial charge in [-0.1, -0.05) is 54.6 Å². The first-order valence-corrected chi connectivity index (χ1v) is 28.7. The maximum atomic E-state index is 14.9. The van der Waals surface area contributed by atoms with Crippen molar-refractivity contribution < 1.29 is 71.6 Å². The van der Waals surface area contributed by atoms with Crippen LogP contribution in [-0.4, -0.2) is 188 Å². The van der Waals surface area contributed by atoms with E-state index in [0.29, 0.717) is 54.7 Å². The maximum Gasteiger partial charge on any atom is 0.330 e. The topological polar surface area (TPSA) is 237 Å². The van der Waals surface area contributed by atoms with Crippen molar-refractivity contribution in [2.75, 3.05) is 74.8 Å². The Hall–Kier alpha value is -7.81. The number of likely N-dealkylation sites (N-methyl/N-ethyl adjacent to an activating group) is 3. The maximum absolute atomic E-state index is 14.9. The number of carbonyl (C=O) groups is 9. The highest BCUT2D eigenvalue weighted by molar-refractivity contribution is 6.38. The molecule has 84 heavy (non-hydrogen) atoms. The Labute approximate surface area is 493 Å². The highest BCUT2D eigenvalue weighted by atomic mass is 16.5. The Balaban J connectivity index is 1.32. The second-order valence-electron chi connectivity index (χ2n) is 23.3. The Morgan fingerprint density at radius 2 is 1.42 bits per heavy atom. The molecule has 3 aliphatic rings. The summed E-state index contributed by atoms with van der Waals surface area (Å²) >= 11 is 0. The number of benzene rings is 3. The van der Waals surface area contributed by atoms with Crippen molar-refractivity contribution in [2.45, 2.75) is 141 Å². The Morgan fingerprint density at radius 1 is 0.714 bits per heavy atom. The number of hydrogen-bond acceptors (Lipinski definition) is 15. The van der Waals surface area contributed by atoms with Gasteiger partial charge >= 0.3 is 11.9 Å². The molecular formula is C63H84N6O15. The van der Waals surface area contributed by atoms with Crippen LogP contribution >= 0.6 is 0 Å². The van der Waals surface area contributed by atoms with Crippen LogP contribution in [0.2, 0.25) is 0 Å². The van der Waals surface area contributed by atoms with E-state index in [1.54, 1.807) is 49.5 Å². The molecule has 3 heterocycles. The zero-order valence-electron chi connectivity index (χ0n) is 50.5. The lowest BCUT2D eigenvalue weighted by Gasteiger charge is -2.37. The third-order valence-corrected chi connectivity index (χ3v) is 15.5. The monoisotopic (exact) mass is 1160 g/mol. The molecule has 0 unspecified atom stereocenters. The van der Waals surface area contributed by atoms with Gasteiger partial charge < -0.3 is 58.2 Å². The molecule has 0 radical (unpaired) electrons. The first-order chi connectivity index (χ1) is 39.8. The van der Waals surface area contributed by atoms with E-state index in [4.69, 9.17) is 28.4 Å². The van der Waals surface area contributed by atoms with Crippen LogP contribution < -0.4 is 19.5 Å². The van der Waals surface area contributed by atoms with Crippen molar-refractivity contribution in [2.24, 2.45) is 5.41 Å². The minimum Gasteiger partial charge on any atom is -0.493 e. The number of piperidine rings is 1. The fraction of sp³-hybridized carbons (Fsp3) is 0.540. The molecule has 2 fully saturated rings. The first-order valence-electron chi connectivity index (χ1n) is 28.7. The molecule has 21 nitrogen and oxygen atoms in total. The lowest BCUT2D eigenvalue weighted by molar-refractivity contribution is -0.165. The van der Waals surface area contributed by atoms with E-state index in [1.807, 2.05) is 51.1 Å². The number of amides is 6. The number of ether oxygens (including phenoxy) is 6. The molecular weight excluding hydrogens is 1080 g/mol. The van der Waals surface area contributed by atoms with Gasteiger partial charge in [0.2, 0.25) is 29.4 Å². The number of rotatable bonds is 9. The Bertz CT molecular complexity index is 2870. The number of esters is 2. The van der Waals surface area contributed by atoms with Gasteiger partial charge in [-0.05, 0) is 134 Å². The van der Waals surface area contributed by atoms with E-state index in [9.17, 15) is 43.2 Å². The summed E-state index contributed by atoms with van der Waals surface area (Å²) in [5.74, 6) is -4.74. The van der Waals surface area contributed by atoms with Gasteiger partial charge in [-0.2, -0.15) is 0 Å². The summed E-state index contributed by atoms with van der Waals surface area (Å²) in [6.45, 7) is 9.22. The number of carbonyl (C=O) groups excluding carboxylic acids is 9. The van der Waals surface area contributed by atoms with E-state index in [2.05, 4.69) is 5.32 Å². The predicted molar refractivity (Wildman–Crippen MR) is 310 cm³/mol. The van der Waals surface area contributed by atoms with Crippen LogP contribution in [0.1, 0.15) is 109 Å². The average Bonchev–Trinajstić information content (AvgIpc) is 4.11. The van der Waals surface area contributed by atoms with E-state index in [1.165, 1.54) is 85.7 Å². The standard InChI is InChI=1S/C63H84N6O15/c1-41-56(73)64-46(35-42-21-13-12-14-22-42)57(74)67(9)49(38-83-62(2,3)4)59(76)68-34-20-26-47(68)58(75)65(7)32-17-16-27-54(71)82-40-63(5,6)55(72)60(77)69-33-18-15-25-48(69)61(78)84-50(30-28-43-29-31-51(79-10)52(36-43)80-11)44-23-19-24-45(37-44)81-39-53(70)66(41)8/h12-14,16,19,21-24,27,29,31,36-37,41,46-50H,15,17-18,20,25-26,28,30,32-35,38-40H2,1-11H3,(H,64,73)/t41-,46-,47-,48-,49-,50+/m0/s1. The third-order valence-electron chi connectivity index (χ3n) is 15.5. The van der Waals surface area contributed by atoms with Crippen LogP contribution in [0.25, 0.3) is 0 Å². The lowest BCUT2D eigenvalue weighted by Crippen LogP contribution is -2.60. The van der Waals surface area contributed by atoms with Gasteiger partial charge in [0, 0.05) is 53.3 Å². The van der Waals surface area contributed by atoms with Crippen LogP contribution in [0.5, 0.6) is 17.2 Å². The van der Waals surface area contributed by atoms with Crippen LogP contribution in [0, 0.1) is 5.41 Å². The third kappa shape index (κ3) is 17.4. The summed E-state index contributed by atoms with van der Waals surface area (Å²) < 4.78 is 35.0. The van der Waals surface area contributed by atoms with E-state index in [0.717, 1.165) is 5.56 Å². The van der Waals surface area contributed by atoms with Crippen molar-refractivity contribution >= 4 is 53.2 Å². The second-order valence-corrected chi connectivity index (χ2v) is 23.3. The van der Waals surface area contributed by atoms with Crippen molar-refractivity contribution in [1.82, 2.24) is 29.8 Å². The summed E-state index contributed by atoms with van der Waals surface area (Å²) in [4.78, 5) is 134. The summed E-state index contributed by atoms with van der Waals surface area (Å²) in [6, 6.07) is 15.6. The molecule has 0 aromatic heterocycles. The van der Waals surface area contributed by atoms with Crippen molar-refractivity contribution in [3.8, 4) is 17.2 Å². The number of Topliss-reactive ketones (excluding diaryl/α,β-unsaturated/α-hetero) is 1. The fourth-order valence-corrected chi connectivity index (χ4v) is 10.2. The summed E-state index contributed by atoms with van der Waals surface area (Å²) in [6.07, 6.45) is 4.84. The number of fused-ring (bicyclic) bond motifs is 4. The molecule has 0 aliphatic carbocycles. The molecule has 6 amide bonds. The molecule has 456 valence electrons. The highest BCUT2D eigenvalue weighted by Gasteiger charge is 2.44. The summed E-state index contributed by atoms with van der Waals surface area (Å²) in [5.41, 5.74) is -0.176. The smallest absolute Gasteiger partial charge is 0.330 e. The molecule has 6 rings (SSSR count). The van der Waals surface area contributed by atoms with Gasteiger partial charge in [0.1, 0.15) is 48.7 Å². The molecule has 2 bridgehead atoms. The number of hydrogen-bond donors (Lipinski definition) is 1. The number of cyclic esters (lactones) is 2. The Morgan fingerprint density at radius 3 is 2.12 bits per heavy atom. The average molecular weight is 1170 g/mol. The highest BCUT2D eigenvalue weighted by Crippen LogP contribution is 2.33. The number of nitrogens with zero attached hydrogens (tertiary/aromatic N) is 5. The lowest BCUT2D eigenvalue weighted by atomic mass is 9.87. The molecule has 0 spiro atoms. The van der Waals surface area contributed by atoms with Crippen molar-refractivity contribution in [3.63, 3.8) is 0 Å². The summed E-state index contributed by atoms with van der Waals surface area (Å²) in [5, 5.41) is 2.87. The van der Waals surface area contributed by atoms with Crippen LogP contribution in [0.3, 0.4) is 0 Å². The zero-order chi connectivity index (χ0) is 61.5. The van der Waals surface area contributed by atoms with Crippen molar-refractivity contribution in [1.29, 1.82) is 0 Å². The molecule has 1 N–H and O–H groups in total. The van der Waals surface area contributed by atoms with Gasteiger partial charge in [0.15, 0.2) is 18.1 Å². The minimum atomic E-state index is -1.49. The SMILES string of the molecule is COc1ccc(CC[C@H]2OC(=O)[C@@H]3CCCCN3C(=O)C(=O)C(C)(C)COC(=O)C=CCCN(C)C(=O)[C@@H]3CCCN3C(=O)[C@H](COC(C)(C)C)N(C)C(=O)[C@H](Cc3ccccc3)NC(=O)[C@H](C)N(C)C(=O)COc3cccc2c3)cc1OC. The van der Waals surface area contributed by atoms with Gasteiger partial charge in [-0.25, -0.2) is 9.59 Å². The molecule has 6 atom stereocenters. The van der Waals surface area contributed by atoms with Crippen molar-refractivity contribution in [3.05, 3.63) is 102 Å². The fourth-order valence-electron chi connectivity index (χ4n) is 10.2. The van der Waals surface area contributed by atoms with Crippen LogP contribution in [0.4, 0.5) is 0 Å². The van der Waals surface area contributed by atoms with E-state index < -0.39 is 108 Å². The first kappa shape index (κ1) is 65.3. The van der Waals surface area contributed by atoms with Gasteiger partial charge in [0.05, 0.1) is 31.8 Å². The van der Waals surface area contributed by atoms with Gasteiger partial charge in [-0.3, -0.25) is 33.6 Å². The predicted octanol–water partition coefficient (Wildman–Crippen LogP) is 5.45. The number of methoxy groups -OCH3 is 2. The van der Waals surface area contributed by atoms with E-state index in [-0.39, 0.29) is 63.6 Å². The molecule has 3 aliphatic heterocycles. The zero-order valence-corrected chi connectivity index (χ0v) is 50.5. The van der Waals surface area contributed by atoms with Gasteiger partial charge in [-0.15, -0.1) is 0 Å². The number of nitrogens with one attached hydrogen (secondary N) is 1. The molecule has 3 aromatic carbocycles. The van der Waals surface area contributed by atoms with Gasteiger partial charge in [0.25, 0.3) is 11.8 Å². The summed E-state index contributed by atoms with van der Waals surface area (Å²) in [7, 11) is 7.55. The number of aryl methyl sites for hydroxylation is 1. The molecule has 0 saturated carbocycles. The Kier molecular flexibility index (Phi) is 23.0. The molecule has 21 heteroatoms. The molecule has 3 aromatic rings. The van der Waals surface area contributed by atoms with Crippen LogP contribution in [0.15, 0.2) is 84.9 Å². The van der Waals surface area contributed by atoms with Crippen LogP contribution in [-0.2, 0) is 70.2 Å². The quantitative estimate of drug-likeness (QED) is 0.207. The number of ketones is 1. The minimum absolute atomic E-state index is 0.0295. The molecule has 2 saturated heterocycles. The van der Waals surface area contributed by atoms with E-state index >= 15 is 0 Å². The normalized spacial score (nSPS) is 23.7. The second kappa shape index (κ2) is 29.6.